The number of allylic oxidation sites excluding steroid dienone is 3. The highest BCUT2D eigenvalue weighted by molar-refractivity contribution is 6.00. The lowest BCUT2D eigenvalue weighted by Gasteiger charge is -2.37. The van der Waals surface area contributed by atoms with Crippen molar-refractivity contribution in [2.24, 2.45) is 11.1 Å². The predicted molar refractivity (Wildman–Crippen MR) is 118 cm³/mol. The first-order chi connectivity index (χ1) is 14.8. The van der Waals surface area contributed by atoms with Crippen LogP contribution < -0.4 is 10.5 Å². The van der Waals surface area contributed by atoms with Crippen LogP contribution >= 0.6 is 0 Å². The summed E-state index contributed by atoms with van der Waals surface area (Å²) in [5.41, 5.74) is 9.67. The van der Waals surface area contributed by atoms with Crippen LogP contribution in [0.1, 0.15) is 49.3 Å². The van der Waals surface area contributed by atoms with Crippen LogP contribution in [0.2, 0.25) is 0 Å². The van der Waals surface area contributed by atoms with Gasteiger partial charge in [0.1, 0.15) is 29.8 Å². The number of nitrogens with zero attached hydrogens (tertiary/aromatic N) is 1. The fourth-order valence-corrected chi connectivity index (χ4v) is 4.29. The molecule has 0 saturated heterocycles. The highest BCUT2D eigenvalue weighted by atomic mass is 16.5. The fraction of sp³-hybridized carbons (Fsp3) is 0.308. The molecule has 2 aromatic rings. The Kier molecular flexibility index (Phi) is 5.32. The van der Waals surface area contributed by atoms with Crippen molar-refractivity contribution >= 4 is 5.78 Å². The molecule has 5 nitrogen and oxygen atoms in total. The van der Waals surface area contributed by atoms with Gasteiger partial charge in [-0.15, -0.1) is 0 Å². The zero-order valence-corrected chi connectivity index (χ0v) is 18.1. The van der Waals surface area contributed by atoms with Crippen LogP contribution in [0.3, 0.4) is 0 Å². The van der Waals surface area contributed by atoms with Crippen LogP contribution in [-0.2, 0) is 16.1 Å². The Hall–Kier alpha value is -3.52. The first-order valence-corrected chi connectivity index (χ1v) is 10.4. The second-order valence-corrected chi connectivity index (χ2v) is 9.01. The van der Waals surface area contributed by atoms with Gasteiger partial charge in [0.15, 0.2) is 5.78 Å². The van der Waals surface area contributed by atoms with E-state index in [4.69, 9.17) is 15.2 Å². The van der Waals surface area contributed by atoms with Crippen molar-refractivity contribution in [3.8, 4) is 11.8 Å². The molecule has 31 heavy (non-hydrogen) atoms. The third-order valence-corrected chi connectivity index (χ3v) is 5.82. The van der Waals surface area contributed by atoms with Crippen LogP contribution in [0.5, 0.6) is 5.75 Å². The van der Waals surface area contributed by atoms with E-state index < -0.39 is 5.92 Å². The highest BCUT2D eigenvalue weighted by Gasteiger charge is 2.43. The van der Waals surface area contributed by atoms with Crippen molar-refractivity contribution < 1.29 is 14.3 Å². The van der Waals surface area contributed by atoms with Gasteiger partial charge in [0, 0.05) is 24.0 Å². The molecule has 0 amide bonds. The molecule has 0 radical (unpaired) electrons. The van der Waals surface area contributed by atoms with Gasteiger partial charge in [-0.1, -0.05) is 61.9 Å². The molecule has 2 aromatic carbocycles. The summed E-state index contributed by atoms with van der Waals surface area (Å²) in [5.74, 6) is 0.651. The van der Waals surface area contributed by atoms with Crippen molar-refractivity contribution in [1.29, 1.82) is 5.26 Å². The van der Waals surface area contributed by atoms with Crippen molar-refractivity contribution in [3.05, 3.63) is 88.0 Å². The standard InChI is InChI=1S/C26H26N2O3/c1-16-8-10-17(11-9-16)15-30-21-7-5-4-6-18(21)23-19(14-27)25(28)31-22-13-26(2,3)12-20(29)24(22)23/h4-11,23H,12-13,15,28H2,1-3H3. The second-order valence-electron chi connectivity index (χ2n) is 9.01. The largest absolute Gasteiger partial charge is 0.489 e. The molecule has 2 aliphatic rings. The average molecular weight is 415 g/mol. The lowest BCUT2D eigenvalue weighted by Crippen LogP contribution is -2.33. The molecular formula is C26H26N2O3. The Bertz CT molecular complexity index is 1130. The van der Waals surface area contributed by atoms with Gasteiger partial charge in [0.25, 0.3) is 0 Å². The van der Waals surface area contributed by atoms with Crippen LogP contribution in [0, 0.1) is 23.7 Å². The van der Waals surface area contributed by atoms with E-state index in [0.717, 1.165) is 11.1 Å². The molecular weight excluding hydrogens is 388 g/mol. The van der Waals surface area contributed by atoms with E-state index in [1.54, 1.807) is 0 Å². The summed E-state index contributed by atoms with van der Waals surface area (Å²) in [7, 11) is 0. The molecule has 2 N–H and O–H groups in total. The highest BCUT2D eigenvalue weighted by Crippen LogP contribution is 2.49. The number of nitriles is 1. The summed E-state index contributed by atoms with van der Waals surface area (Å²) in [6, 6.07) is 17.8. The number of ketones is 1. The van der Waals surface area contributed by atoms with Gasteiger partial charge in [-0.05, 0) is 24.0 Å². The molecule has 1 aliphatic heterocycles. The zero-order chi connectivity index (χ0) is 22.2. The van der Waals surface area contributed by atoms with Gasteiger partial charge >= 0.3 is 0 Å². The molecule has 1 unspecified atom stereocenters. The fourth-order valence-electron chi connectivity index (χ4n) is 4.29. The molecule has 1 heterocycles. The number of para-hydroxylation sites is 1. The summed E-state index contributed by atoms with van der Waals surface area (Å²) < 4.78 is 11.9. The molecule has 5 heteroatoms. The normalized spacial score (nSPS) is 20.1. The van der Waals surface area contributed by atoms with Crippen LogP contribution in [-0.4, -0.2) is 5.78 Å². The van der Waals surface area contributed by atoms with Gasteiger partial charge < -0.3 is 15.2 Å². The Balaban J connectivity index is 1.75. The minimum atomic E-state index is -0.591. The summed E-state index contributed by atoms with van der Waals surface area (Å²) in [6.07, 6.45) is 0.993. The molecule has 0 spiro atoms. The van der Waals surface area contributed by atoms with E-state index in [-0.39, 0.29) is 22.7 Å². The number of aryl methyl sites for hydroxylation is 1. The van der Waals surface area contributed by atoms with E-state index in [1.165, 1.54) is 5.56 Å². The third kappa shape index (κ3) is 4.06. The quantitative estimate of drug-likeness (QED) is 0.759. The molecule has 1 atom stereocenters. The third-order valence-electron chi connectivity index (χ3n) is 5.82. The number of Topliss-reactive ketones (excluding diaryl/α,β-unsaturated/α-hetero) is 1. The van der Waals surface area contributed by atoms with E-state index in [2.05, 4.69) is 6.07 Å². The molecule has 4 rings (SSSR count). The maximum Gasteiger partial charge on any atom is 0.205 e. The number of carbonyl (C=O) groups is 1. The van der Waals surface area contributed by atoms with Gasteiger partial charge in [-0.25, -0.2) is 0 Å². The van der Waals surface area contributed by atoms with Gasteiger partial charge in [0.05, 0.1) is 5.92 Å². The minimum absolute atomic E-state index is 0.00941. The van der Waals surface area contributed by atoms with E-state index in [9.17, 15) is 10.1 Å². The van der Waals surface area contributed by atoms with E-state index in [1.807, 2.05) is 69.3 Å². The molecule has 0 aromatic heterocycles. The van der Waals surface area contributed by atoms with Crippen molar-refractivity contribution in [2.75, 3.05) is 0 Å². The van der Waals surface area contributed by atoms with Crippen molar-refractivity contribution in [2.45, 2.75) is 46.1 Å². The number of carbonyl (C=O) groups excluding carboxylic acids is 1. The number of nitrogens with two attached hydrogens (primary N) is 1. The van der Waals surface area contributed by atoms with Crippen LogP contribution in [0.4, 0.5) is 0 Å². The predicted octanol–water partition coefficient (Wildman–Crippen LogP) is 5.02. The van der Waals surface area contributed by atoms with Gasteiger partial charge in [0.2, 0.25) is 5.88 Å². The van der Waals surface area contributed by atoms with Crippen LogP contribution in [0.15, 0.2) is 71.3 Å². The number of benzene rings is 2. The summed E-state index contributed by atoms with van der Waals surface area (Å²) in [5, 5.41) is 9.85. The first kappa shape index (κ1) is 20.7. The summed E-state index contributed by atoms with van der Waals surface area (Å²) >= 11 is 0. The monoisotopic (exact) mass is 414 g/mol. The SMILES string of the molecule is Cc1ccc(COc2ccccc2C2C(C#N)=C(N)OC3=C2C(=O)CC(C)(C)C3)cc1. The molecule has 0 saturated carbocycles. The lowest BCUT2D eigenvalue weighted by molar-refractivity contribution is -0.119. The van der Waals surface area contributed by atoms with Gasteiger partial charge in [-0.2, -0.15) is 5.26 Å². The average Bonchev–Trinajstić information content (AvgIpc) is 2.71. The van der Waals surface area contributed by atoms with E-state index in [0.29, 0.717) is 36.5 Å². The van der Waals surface area contributed by atoms with Crippen molar-refractivity contribution in [3.63, 3.8) is 0 Å². The molecule has 0 bridgehead atoms. The Morgan fingerprint density at radius 2 is 1.87 bits per heavy atom. The maximum absolute atomic E-state index is 13.2. The van der Waals surface area contributed by atoms with Crippen molar-refractivity contribution in [1.82, 2.24) is 0 Å². The number of hydrogen-bond acceptors (Lipinski definition) is 5. The van der Waals surface area contributed by atoms with Crippen LogP contribution in [0.25, 0.3) is 0 Å². The van der Waals surface area contributed by atoms with E-state index >= 15 is 0 Å². The lowest BCUT2D eigenvalue weighted by atomic mass is 9.70. The smallest absolute Gasteiger partial charge is 0.205 e. The number of hydrogen-bond donors (Lipinski definition) is 1. The second kappa shape index (κ2) is 7.96. The Morgan fingerprint density at radius 1 is 1.16 bits per heavy atom. The first-order valence-electron chi connectivity index (χ1n) is 10.4. The topological polar surface area (TPSA) is 85.3 Å². The zero-order valence-electron chi connectivity index (χ0n) is 18.1. The molecule has 1 aliphatic carbocycles. The molecule has 158 valence electrons. The summed E-state index contributed by atoms with van der Waals surface area (Å²) in [4.78, 5) is 13.2. The Labute approximate surface area is 182 Å². The minimum Gasteiger partial charge on any atom is -0.489 e. The van der Waals surface area contributed by atoms with Gasteiger partial charge in [-0.3, -0.25) is 4.79 Å². The summed E-state index contributed by atoms with van der Waals surface area (Å²) in [6.45, 7) is 6.49. The number of ether oxygens (including phenoxy) is 2. The Morgan fingerprint density at radius 3 is 2.58 bits per heavy atom. The number of rotatable bonds is 4. The maximum atomic E-state index is 13.2. The molecule has 0 fully saturated rings.